The fourth-order valence-electron chi connectivity index (χ4n) is 2.50. The summed E-state index contributed by atoms with van der Waals surface area (Å²) in [5.41, 5.74) is 3.08. The summed E-state index contributed by atoms with van der Waals surface area (Å²) in [4.78, 5) is 12.1. The van der Waals surface area contributed by atoms with Gasteiger partial charge in [0.1, 0.15) is 18.4 Å². The molecule has 1 unspecified atom stereocenters. The Hall–Kier alpha value is -2.04. The zero-order valence-corrected chi connectivity index (χ0v) is 12.8. The van der Waals surface area contributed by atoms with Gasteiger partial charge in [0, 0.05) is 6.54 Å². The van der Waals surface area contributed by atoms with Crippen LogP contribution in [0, 0.1) is 0 Å². The molecule has 0 aromatic heterocycles. The normalized spacial score (nSPS) is 16.3. The highest BCUT2D eigenvalue weighted by molar-refractivity contribution is 5.85. The smallest absolute Gasteiger partial charge is 0.323 e. The fourth-order valence-corrected chi connectivity index (χ4v) is 2.50. The van der Waals surface area contributed by atoms with E-state index in [4.69, 9.17) is 4.74 Å². The standard InChI is InChI=1S/C17H17NO3.ClH/c19-15-7-6-13-10-18-16(9-14(13)8-15)17(20)21-11-12-4-2-1-3-5-12;/h1-8,16,18-19H,9-11H2;1H. The lowest BCUT2D eigenvalue weighted by atomic mass is 9.95. The zero-order valence-electron chi connectivity index (χ0n) is 12.0. The number of phenols is 1. The summed E-state index contributed by atoms with van der Waals surface area (Å²) >= 11 is 0. The highest BCUT2D eigenvalue weighted by Crippen LogP contribution is 2.22. The number of ether oxygens (including phenoxy) is 1. The minimum absolute atomic E-state index is 0. The third-order valence-electron chi connectivity index (χ3n) is 3.66. The molecule has 0 bridgehead atoms. The van der Waals surface area contributed by atoms with Crippen LogP contribution >= 0.6 is 12.4 Å². The molecular formula is C17H18ClNO3. The van der Waals surface area contributed by atoms with E-state index >= 15 is 0 Å². The van der Waals surface area contributed by atoms with Crippen molar-refractivity contribution in [1.29, 1.82) is 0 Å². The molecule has 0 saturated heterocycles. The van der Waals surface area contributed by atoms with Crippen molar-refractivity contribution in [2.24, 2.45) is 0 Å². The maximum atomic E-state index is 12.1. The van der Waals surface area contributed by atoms with Gasteiger partial charge in [-0.25, -0.2) is 0 Å². The Bertz CT molecular complexity index is 646. The van der Waals surface area contributed by atoms with Gasteiger partial charge >= 0.3 is 5.97 Å². The predicted molar refractivity (Wildman–Crippen MR) is 85.9 cm³/mol. The lowest BCUT2D eigenvalue weighted by Crippen LogP contribution is -2.42. The molecule has 0 spiro atoms. The molecule has 22 heavy (non-hydrogen) atoms. The molecule has 2 N–H and O–H groups in total. The zero-order chi connectivity index (χ0) is 14.7. The summed E-state index contributed by atoms with van der Waals surface area (Å²) in [6, 6.07) is 14.5. The number of benzene rings is 2. The third kappa shape index (κ3) is 3.78. The summed E-state index contributed by atoms with van der Waals surface area (Å²) in [5, 5.41) is 12.7. The summed E-state index contributed by atoms with van der Waals surface area (Å²) < 4.78 is 5.35. The molecular weight excluding hydrogens is 302 g/mol. The molecule has 0 saturated carbocycles. The first-order chi connectivity index (χ1) is 10.2. The van der Waals surface area contributed by atoms with E-state index in [9.17, 15) is 9.90 Å². The van der Waals surface area contributed by atoms with Crippen molar-refractivity contribution in [2.75, 3.05) is 0 Å². The van der Waals surface area contributed by atoms with Crippen LogP contribution in [0.2, 0.25) is 0 Å². The van der Waals surface area contributed by atoms with Gasteiger partial charge in [-0.2, -0.15) is 0 Å². The van der Waals surface area contributed by atoms with Crippen molar-refractivity contribution in [3.05, 3.63) is 65.2 Å². The summed E-state index contributed by atoms with van der Waals surface area (Å²) in [5.74, 6) is -0.0279. The SMILES string of the molecule is Cl.O=C(OCc1ccccc1)C1Cc2cc(O)ccc2CN1. The van der Waals surface area contributed by atoms with E-state index < -0.39 is 0 Å². The number of rotatable bonds is 3. The van der Waals surface area contributed by atoms with Crippen LogP contribution in [0.25, 0.3) is 0 Å². The largest absolute Gasteiger partial charge is 0.508 e. The van der Waals surface area contributed by atoms with Crippen LogP contribution in [-0.2, 0) is 29.1 Å². The van der Waals surface area contributed by atoms with E-state index in [1.807, 2.05) is 36.4 Å². The van der Waals surface area contributed by atoms with Gasteiger partial charge in [0.15, 0.2) is 0 Å². The predicted octanol–water partition coefficient (Wildman–Crippen LogP) is 2.57. The molecule has 4 nitrogen and oxygen atoms in total. The number of hydrogen-bond acceptors (Lipinski definition) is 4. The maximum Gasteiger partial charge on any atom is 0.323 e. The molecule has 1 aliphatic heterocycles. The van der Waals surface area contributed by atoms with Crippen LogP contribution in [0.15, 0.2) is 48.5 Å². The van der Waals surface area contributed by atoms with Crippen molar-refractivity contribution in [2.45, 2.75) is 25.6 Å². The summed E-state index contributed by atoms with van der Waals surface area (Å²) in [6.45, 7) is 0.894. The van der Waals surface area contributed by atoms with Gasteiger partial charge in [-0.1, -0.05) is 36.4 Å². The van der Waals surface area contributed by atoms with E-state index in [2.05, 4.69) is 5.32 Å². The van der Waals surface area contributed by atoms with Crippen molar-refractivity contribution in [3.8, 4) is 5.75 Å². The highest BCUT2D eigenvalue weighted by Gasteiger charge is 2.25. The lowest BCUT2D eigenvalue weighted by molar-refractivity contribution is -0.147. The van der Waals surface area contributed by atoms with Crippen molar-refractivity contribution in [3.63, 3.8) is 0 Å². The van der Waals surface area contributed by atoms with E-state index in [1.165, 1.54) is 0 Å². The Morgan fingerprint density at radius 3 is 2.73 bits per heavy atom. The summed E-state index contributed by atoms with van der Waals surface area (Å²) in [7, 11) is 0. The van der Waals surface area contributed by atoms with E-state index in [-0.39, 0.29) is 36.8 Å². The van der Waals surface area contributed by atoms with Crippen LogP contribution in [0.5, 0.6) is 5.75 Å². The first-order valence-corrected chi connectivity index (χ1v) is 6.97. The average Bonchev–Trinajstić information content (AvgIpc) is 2.53. The lowest BCUT2D eigenvalue weighted by Gasteiger charge is -2.24. The van der Waals surface area contributed by atoms with Crippen LogP contribution in [0.4, 0.5) is 0 Å². The molecule has 0 fully saturated rings. The minimum atomic E-state index is -0.358. The Balaban J connectivity index is 0.00000176. The van der Waals surface area contributed by atoms with Gasteiger partial charge < -0.3 is 15.2 Å². The van der Waals surface area contributed by atoms with E-state index in [0.717, 1.165) is 16.7 Å². The second-order valence-electron chi connectivity index (χ2n) is 5.18. The molecule has 116 valence electrons. The Labute approximate surface area is 135 Å². The first-order valence-electron chi connectivity index (χ1n) is 6.97. The molecule has 1 atom stereocenters. The molecule has 5 heteroatoms. The molecule has 2 aromatic rings. The van der Waals surface area contributed by atoms with Crippen molar-refractivity contribution < 1.29 is 14.6 Å². The maximum absolute atomic E-state index is 12.1. The Morgan fingerprint density at radius 2 is 1.95 bits per heavy atom. The number of carbonyl (C=O) groups excluding carboxylic acids is 1. The molecule has 0 radical (unpaired) electrons. The van der Waals surface area contributed by atoms with E-state index in [1.54, 1.807) is 12.1 Å². The molecule has 1 aliphatic rings. The molecule has 3 rings (SSSR count). The second kappa shape index (κ2) is 7.29. The Morgan fingerprint density at radius 1 is 1.18 bits per heavy atom. The third-order valence-corrected chi connectivity index (χ3v) is 3.66. The van der Waals surface area contributed by atoms with Gasteiger partial charge in [0.25, 0.3) is 0 Å². The van der Waals surface area contributed by atoms with Crippen LogP contribution < -0.4 is 5.32 Å². The van der Waals surface area contributed by atoms with E-state index in [0.29, 0.717) is 13.0 Å². The van der Waals surface area contributed by atoms with Crippen molar-refractivity contribution in [1.82, 2.24) is 5.32 Å². The molecule has 0 aliphatic carbocycles. The van der Waals surface area contributed by atoms with Crippen LogP contribution in [-0.4, -0.2) is 17.1 Å². The first kappa shape index (κ1) is 16.3. The second-order valence-corrected chi connectivity index (χ2v) is 5.18. The highest BCUT2D eigenvalue weighted by atomic mass is 35.5. The monoisotopic (exact) mass is 319 g/mol. The number of halogens is 1. The topological polar surface area (TPSA) is 58.6 Å². The van der Waals surface area contributed by atoms with Crippen LogP contribution in [0.3, 0.4) is 0 Å². The number of esters is 1. The van der Waals surface area contributed by atoms with Gasteiger partial charge in [-0.15, -0.1) is 12.4 Å². The number of phenolic OH excluding ortho intramolecular Hbond substituents is 1. The fraction of sp³-hybridized carbons (Fsp3) is 0.235. The number of hydrogen-bond donors (Lipinski definition) is 2. The average molecular weight is 320 g/mol. The van der Waals surface area contributed by atoms with Crippen LogP contribution in [0.1, 0.15) is 16.7 Å². The minimum Gasteiger partial charge on any atom is -0.508 e. The molecule has 1 heterocycles. The quantitative estimate of drug-likeness (QED) is 0.854. The number of nitrogens with one attached hydrogen (secondary N) is 1. The van der Waals surface area contributed by atoms with Gasteiger partial charge in [-0.05, 0) is 35.2 Å². The summed E-state index contributed by atoms with van der Waals surface area (Å²) in [6.07, 6.45) is 0.539. The molecule has 2 aromatic carbocycles. The molecule has 0 amide bonds. The number of carbonyl (C=O) groups is 1. The van der Waals surface area contributed by atoms with Gasteiger partial charge in [0.05, 0.1) is 0 Å². The number of aromatic hydroxyl groups is 1. The number of fused-ring (bicyclic) bond motifs is 1. The van der Waals surface area contributed by atoms with Gasteiger partial charge in [0.2, 0.25) is 0 Å². The Kier molecular flexibility index (Phi) is 5.41. The van der Waals surface area contributed by atoms with Gasteiger partial charge in [-0.3, -0.25) is 4.79 Å². The van der Waals surface area contributed by atoms with Crippen molar-refractivity contribution >= 4 is 18.4 Å².